The van der Waals surface area contributed by atoms with E-state index in [1.54, 1.807) is 24.3 Å². The molecule has 0 aromatic heterocycles. The minimum absolute atomic E-state index is 0.0638. The largest absolute Gasteiger partial charge is 0.294 e. The van der Waals surface area contributed by atoms with E-state index in [4.69, 9.17) is 0 Å². The highest BCUT2D eigenvalue weighted by atomic mass is 32.2. The summed E-state index contributed by atoms with van der Waals surface area (Å²) in [4.78, 5) is 12.8. The third-order valence-electron chi connectivity index (χ3n) is 2.70. The first-order valence-electron chi connectivity index (χ1n) is 5.68. The molecule has 2 nitrogen and oxygen atoms in total. The molecule has 2 rings (SSSR count). The van der Waals surface area contributed by atoms with Crippen LogP contribution in [0.15, 0.2) is 58.3 Å². The molecular weight excluding hydrogens is 244 g/mol. The van der Waals surface area contributed by atoms with Crippen molar-refractivity contribution in [2.75, 3.05) is 0 Å². The van der Waals surface area contributed by atoms with Crippen LogP contribution < -0.4 is 0 Å². The molecule has 2 aromatic rings. The van der Waals surface area contributed by atoms with Gasteiger partial charge in [0, 0.05) is 10.5 Å². The van der Waals surface area contributed by atoms with Crippen LogP contribution in [0.1, 0.15) is 22.8 Å². The summed E-state index contributed by atoms with van der Waals surface area (Å²) in [5.41, 5.74) is 1.65. The number of hydrogen-bond acceptors (Lipinski definition) is 2. The van der Waals surface area contributed by atoms with Gasteiger partial charge in [-0.05, 0) is 32.0 Å². The van der Waals surface area contributed by atoms with Crippen molar-refractivity contribution in [1.29, 1.82) is 0 Å². The lowest BCUT2D eigenvalue weighted by Crippen LogP contribution is -2.02. The third kappa shape index (κ3) is 2.57. The van der Waals surface area contributed by atoms with E-state index >= 15 is 0 Å². The lowest BCUT2D eigenvalue weighted by Gasteiger charge is -2.07. The zero-order valence-electron chi connectivity index (χ0n) is 10.3. The number of Topliss-reactive ketones (excluding diaryl/α,β-unsaturated/α-hetero) is 1. The summed E-state index contributed by atoms with van der Waals surface area (Å²) in [6.07, 6.45) is 0. The highest BCUT2D eigenvalue weighted by Crippen LogP contribution is 2.20. The van der Waals surface area contributed by atoms with Crippen molar-refractivity contribution in [2.45, 2.75) is 23.6 Å². The maximum atomic E-state index is 12.4. The molecule has 18 heavy (non-hydrogen) atoms. The van der Waals surface area contributed by atoms with Crippen LogP contribution in [0.3, 0.4) is 0 Å². The lowest BCUT2D eigenvalue weighted by molar-refractivity contribution is 0.101. The number of carbonyl (C=O) groups excluding carboxylic acids is 1. The zero-order valence-corrected chi connectivity index (χ0v) is 11.2. The number of rotatable bonds is 3. The first-order valence-corrected chi connectivity index (χ1v) is 6.83. The minimum Gasteiger partial charge on any atom is -0.294 e. The van der Waals surface area contributed by atoms with Gasteiger partial charge in [0.2, 0.25) is 0 Å². The van der Waals surface area contributed by atoms with E-state index in [-0.39, 0.29) is 5.78 Å². The number of hydrogen-bond donors (Lipinski definition) is 0. The molecule has 0 aliphatic rings. The third-order valence-corrected chi connectivity index (χ3v) is 4.16. The Morgan fingerprint density at radius 1 is 1.00 bits per heavy atom. The Morgan fingerprint density at radius 3 is 2.22 bits per heavy atom. The second-order valence-corrected chi connectivity index (χ2v) is 5.58. The van der Waals surface area contributed by atoms with Crippen LogP contribution in [0.4, 0.5) is 0 Å². The summed E-state index contributed by atoms with van der Waals surface area (Å²) in [7, 11) is -1.31. The molecule has 0 bridgehead atoms. The molecule has 1 unspecified atom stereocenters. The molecule has 0 heterocycles. The quantitative estimate of drug-likeness (QED) is 0.791. The monoisotopic (exact) mass is 258 g/mol. The number of carbonyl (C=O) groups is 1. The van der Waals surface area contributed by atoms with E-state index in [9.17, 15) is 9.00 Å². The number of benzene rings is 2. The Hall–Kier alpha value is -1.74. The Kier molecular flexibility index (Phi) is 3.72. The highest BCUT2D eigenvalue weighted by molar-refractivity contribution is 7.85. The first kappa shape index (κ1) is 12.7. The average Bonchev–Trinajstić information content (AvgIpc) is 2.39. The summed E-state index contributed by atoms with van der Waals surface area (Å²) >= 11 is 0. The fourth-order valence-corrected chi connectivity index (χ4v) is 2.96. The van der Waals surface area contributed by atoms with E-state index in [2.05, 4.69) is 0 Å². The zero-order chi connectivity index (χ0) is 13.1. The van der Waals surface area contributed by atoms with Crippen LogP contribution in [0.5, 0.6) is 0 Å². The van der Waals surface area contributed by atoms with Crippen LogP contribution in [0.25, 0.3) is 0 Å². The number of aryl methyl sites for hydroxylation is 1. The minimum atomic E-state index is -1.31. The van der Waals surface area contributed by atoms with Crippen molar-refractivity contribution in [3.63, 3.8) is 0 Å². The summed E-state index contributed by atoms with van der Waals surface area (Å²) in [5, 5.41) is 0. The summed E-state index contributed by atoms with van der Waals surface area (Å²) < 4.78 is 12.4. The van der Waals surface area contributed by atoms with Crippen LogP contribution in [0.2, 0.25) is 0 Å². The molecule has 92 valence electrons. The van der Waals surface area contributed by atoms with Crippen molar-refractivity contribution < 1.29 is 9.00 Å². The predicted octanol–water partition coefficient (Wildman–Crippen LogP) is 3.36. The predicted molar refractivity (Wildman–Crippen MR) is 72.3 cm³/mol. The molecule has 0 aliphatic heterocycles. The molecule has 0 radical (unpaired) electrons. The topological polar surface area (TPSA) is 34.1 Å². The van der Waals surface area contributed by atoms with E-state index in [1.807, 2.05) is 31.2 Å². The van der Waals surface area contributed by atoms with Gasteiger partial charge in [-0.1, -0.05) is 35.9 Å². The van der Waals surface area contributed by atoms with Gasteiger partial charge in [-0.15, -0.1) is 0 Å². The van der Waals surface area contributed by atoms with E-state index in [0.717, 1.165) is 5.56 Å². The van der Waals surface area contributed by atoms with E-state index in [1.165, 1.54) is 6.92 Å². The van der Waals surface area contributed by atoms with E-state index in [0.29, 0.717) is 15.4 Å². The van der Waals surface area contributed by atoms with Crippen LogP contribution in [0, 0.1) is 6.92 Å². The van der Waals surface area contributed by atoms with Gasteiger partial charge in [0.05, 0.1) is 15.7 Å². The fraction of sp³-hybridized carbons (Fsp3) is 0.133. The van der Waals surface area contributed by atoms with Crippen LogP contribution >= 0.6 is 0 Å². The van der Waals surface area contributed by atoms with Crippen molar-refractivity contribution in [1.82, 2.24) is 0 Å². The van der Waals surface area contributed by atoms with E-state index < -0.39 is 10.8 Å². The van der Waals surface area contributed by atoms with Gasteiger partial charge < -0.3 is 0 Å². The SMILES string of the molecule is CC(=O)c1ccccc1S(=O)c1ccc(C)cc1. The van der Waals surface area contributed by atoms with Crippen molar-refractivity contribution in [3.8, 4) is 0 Å². The Balaban J connectivity index is 2.46. The maximum absolute atomic E-state index is 12.4. The summed E-state index contributed by atoms with van der Waals surface area (Å²) in [5.74, 6) is -0.0638. The molecule has 0 fully saturated rings. The van der Waals surface area contributed by atoms with Gasteiger partial charge in [-0.3, -0.25) is 4.79 Å². The number of ketones is 1. The molecular formula is C15H14O2S. The van der Waals surface area contributed by atoms with Gasteiger partial charge in [-0.2, -0.15) is 0 Å². The first-order chi connectivity index (χ1) is 8.59. The van der Waals surface area contributed by atoms with Crippen LogP contribution in [-0.4, -0.2) is 9.99 Å². The summed E-state index contributed by atoms with van der Waals surface area (Å²) in [6.45, 7) is 3.47. The van der Waals surface area contributed by atoms with Crippen molar-refractivity contribution in [3.05, 3.63) is 59.7 Å². The molecule has 1 atom stereocenters. The Labute approximate surface area is 109 Å². The van der Waals surface area contributed by atoms with Crippen LogP contribution in [-0.2, 0) is 10.8 Å². The highest BCUT2D eigenvalue weighted by Gasteiger charge is 2.13. The van der Waals surface area contributed by atoms with Crippen molar-refractivity contribution >= 4 is 16.6 Å². The molecule has 0 N–H and O–H groups in total. The molecule has 2 aromatic carbocycles. The fourth-order valence-electron chi connectivity index (χ4n) is 1.71. The Bertz CT molecular complexity index is 600. The molecule has 0 aliphatic carbocycles. The van der Waals surface area contributed by atoms with Crippen molar-refractivity contribution in [2.24, 2.45) is 0 Å². The average molecular weight is 258 g/mol. The second kappa shape index (κ2) is 5.27. The van der Waals surface area contributed by atoms with Gasteiger partial charge in [0.15, 0.2) is 5.78 Å². The second-order valence-electron chi connectivity index (χ2n) is 4.13. The molecule has 0 saturated carbocycles. The molecule has 0 saturated heterocycles. The lowest BCUT2D eigenvalue weighted by atomic mass is 10.1. The van der Waals surface area contributed by atoms with Gasteiger partial charge in [0.25, 0.3) is 0 Å². The molecule has 3 heteroatoms. The molecule has 0 spiro atoms. The standard InChI is InChI=1S/C15H14O2S/c1-11-7-9-13(10-8-11)18(17)15-6-4-3-5-14(15)12(2)16/h3-10H,1-2H3. The normalized spacial score (nSPS) is 12.1. The summed E-state index contributed by atoms with van der Waals surface area (Å²) in [6, 6.07) is 14.6. The maximum Gasteiger partial charge on any atom is 0.161 e. The Morgan fingerprint density at radius 2 is 1.61 bits per heavy atom. The van der Waals surface area contributed by atoms with Gasteiger partial charge in [0.1, 0.15) is 0 Å². The smallest absolute Gasteiger partial charge is 0.161 e. The molecule has 0 amide bonds. The van der Waals surface area contributed by atoms with Gasteiger partial charge in [-0.25, -0.2) is 4.21 Å². The van der Waals surface area contributed by atoms with Gasteiger partial charge >= 0.3 is 0 Å².